The van der Waals surface area contributed by atoms with Crippen molar-refractivity contribution in [1.82, 2.24) is 39.7 Å². The number of hydrogen-bond donors (Lipinski definition) is 3. The standard InChI is InChI=1S/C27H19ClN8O3/c28-16-2-5-22(35-13-30-33-34-35)18(10-16)15-7-17-3-6-23(36(17)26(39)9-15)27-29-12-21(32-27)14-1-4-20-19(8-14)24(37)11-25(38)31-20/h1-2,4-5,7-13,23H,3,6H2,(H,29,32)(H2,31,37,38). The van der Waals surface area contributed by atoms with E-state index < -0.39 is 0 Å². The van der Waals surface area contributed by atoms with Gasteiger partial charge in [-0.3, -0.25) is 9.59 Å². The van der Waals surface area contributed by atoms with Crippen molar-refractivity contribution in [1.29, 1.82) is 0 Å². The van der Waals surface area contributed by atoms with Crippen LogP contribution in [0.4, 0.5) is 0 Å². The van der Waals surface area contributed by atoms with Crippen LogP contribution in [0.5, 0.6) is 5.75 Å². The van der Waals surface area contributed by atoms with E-state index in [4.69, 9.17) is 11.6 Å². The van der Waals surface area contributed by atoms with Crippen molar-refractivity contribution in [2.24, 2.45) is 0 Å². The molecule has 0 bridgehead atoms. The Kier molecular flexibility index (Phi) is 5.20. The van der Waals surface area contributed by atoms with Gasteiger partial charge in [0.05, 0.1) is 29.1 Å². The SMILES string of the molecule is O=c1cc(O)c2cc(-c3cnc(C4CCc5cc(-c6cc(Cl)ccc6-n6cnnn6)cc(=O)n54)[nH]3)ccc2[nH]1. The third kappa shape index (κ3) is 3.91. The van der Waals surface area contributed by atoms with Crippen molar-refractivity contribution in [2.45, 2.75) is 18.9 Å². The van der Waals surface area contributed by atoms with Gasteiger partial charge in [-0.1, -0.05) is 17.7 Å². The lowest BCUT2D eigenvalue weighted by Gasteiger charge is -2.15. The van der Waals surface area contributed by atoms with Crippen molar-refractivity contribution < 1.29 is 5.11 Å². The van der Waals surface area contributed by atoms with Crippen LogP contribution in [-0.4, -0.2) is 44.8 Å². The van der Waals surface area contributed by atoms with Crippen molar-refractivity contribution in [2.75, 3.05) is 0 Å². The van der Waals surface area contributed by atoms with Crippen molar-refractivity contribution in [3.8, 4) is 33.8 Å². The smallest absolute Gasteiger partial charge is 0.252 e. The molecular weight excluding hydrogens is 520 g/mol. The molecule has 0 fully saturated rings. The maximum atomic E-state index is 13.4. The van der Waals surface area contributed by atoms with E-state index in [0.29, 0.717) is 40.3 Å². The Morgan fingerprint density at radius 3 is 2.74 bits per heavy atom. The number of fused-ring (bicyclic) bond motifs is 2. The molecule has 5 heterocycles. The lowest BCUT2D eigenvalue weighted by molar-refractivity contribution is 0.480. The predicted molar refractivity (Wildman–Crippen MR) is 144 cm³/mol. The van der Waals surface area contributed by atoms with Gasteiger partial charge in [-0.05, 0) is 65.2 Å². The number of imidazole rings is 1. The number of hydrogen-bond acceptors (Lipinski definition) is 7. The summed E-state index contributed by atoms with van der Waals surface area (Å²) in [5.74, 6) is 0.576. The monoisotopic (exact) mass is 538 g/mol. The Morgan fingerprint density at radius 2 is 1.90 bits per heavy atom. The van der Waals surface area contributed by atoms with E-state index in [9.17, 15) is 14.7 Å². The Hall–Kier alpha value is -5.03. The zero-order valence-corrected chi connectivity index (χ0v) is 20.9. The van der Waals surface area contributed by atoms with Crippen molar-refractivity contribution >= 4 is 22.5 Å². The quantitative estimate of drug-likeness (QED) is 0.310. The van der Waals surface area contributed by atoms with Crippen LogP contribution in [0.2, 0.25) is 5.02 Å². The highest BCUT2D eigenvalue weighted by atomic mass is 35.5. The van der Waals surface area contributed by atoms with Gasteiger partial charge < -0.3 is 19.6 Å². The summed E-state index contributed by atoms with van der Waals surface area (Å²) in [7, 11) is 0. The number of pyridine rings is 2. The number of nitrogens with zero attached hydrogens (tertiary/aromatic N) is 6. The summed E-state index contributed by atoms with van der Waals surface area (Å²) in [6.07, 6.45) is 4.61. The van der Waals surface area contributed by atoms with Gasteiger partial charge in [0.25, 0.3) is 11.1 Å². The minimum atomic E-state index is -0.368. The van der Waals surface area contributed by atoms with Crippen LogP contribution in [0, 0.1) is 0 Å². The highest BCUT2D eigenvalue weighted by Gasteiger charge is 2.28. The van der Waals surface area contributed by atoms with E-state index in [-0.39, 0.29) is 22.9 Å². The molecule has 1 aliphatic heterocycles. The van der Waals surface area contributed by atoms with Crippen molar-refractivity contribution in [3.05, 3.63) is 104 Å². The minimum Gasteiger partial charge on any atom is -0.507 e. The molecule has 11 nitrogen and oxygen atoms in total. The fourth-order valence-corrected chi connectivity index (χ4v) is 5.45. The second kappa shape index (κ2) is 8.77. The Morgan fingerprint density at radius 1 is 1.00 bits per heavy atom. The molecule has 7 rings (SSSR count). The Labute approximate surface area is 224 Å². The number of nitrogens with one attached hydrogen (secondary N) is 2. The van der Waals surface area contributed by atoms with Gasteiger partial charge in [0.15, 0.2) is 0 Å². The average molecular weight is 539 g/mol. The first kappa shape index (κ1) is 23.1. The minimum absolute atomic E-state index is 0.0923. The van der Waals surface area contributed by atoms with E-state index in [1.54, 1.807) is 41.1 Å². The molecule has 12 heteroatoms. The molecule has 6 aromatic rings. The highest BCUT2D eigenvalue weighted by Crippen LogP contribution is 2.35. The van der Waals surface area contributed by atoms with E-state index in [0.717, 1.165) is 34.1 Å². The zero-order valence-electron chi connectivity index (χ0n) is 20.2. The second-order valence-electron chi connectivity index (χ2n) is 9.38. The summed E-state index contributed by atoms with van der Waals surface area (Å²) in [6, 6.07) is 15.2. The maximum absolute atomic E-state index is 13.4. The number of benzene rings is 2. The number of halogens is 1. The third-order valence-electron chi connectivity index (χ3n) is 7.04. The lowest BCUT2D eigenvalue weighted by Crippen LogP contribution is -2.23. The van der Waals surface area contributed by atoms with E-state index in [1.807, 2.05) is 18.2 Å². The molecule has 192 valence electrons. The first-order valence-electron chi connectivity index (χ1n) is 12.1. The number of H-pyrrole nitrogens is 2. The number of aromatic amines is 2. The molecule has 2 aromatic carbocycles. The third-order valence-corrected chi connectivity index (χ3v) is 7.28. The molecule has 0 saturated carbocycles. The van der Waals surface area contributed by atoms with Gasteiger partial charge in [0, 0.05) is 39.4 Å². The normalized spacial score (nSPS) is 14.6. The molecule has 0 spiro atoms. The fourth-order valence-electron chi connectivity index (χ4n) is 5.28. The van der Waals surface area contributed by atoms with E-state index in [2.05, 4.69) is 30.5 Å². The van der Waals surface area contributed by atoms with Gasteiger partial charge in [0.2, 0.25) is 0 Å². The lowest BCUT2D eigenvalue weighted by atomic mass is 10.0. The molecule has 0 amide bonds. The van der Waals surface area contributed by atoms with E-state index in [1.165, 1.54) is 11.0 Å². The fraction of sp³-hybridized carbons (Fsp3) is 0.111. The molecule has 1 aliphatic rings. The second-order valence-corrected chi connectivity index (χ2v) is 9.81. The van der Waals surface area contributed by atoms with Crippen molar-refractivity contribution in [3.63, 3.8) is 0 Å². The summed E-state index contributed by atoms with van der Waals surface area (Å²) in [5, 5.41) is 22.7. The number of rotatable bonds is 4. The topological polar surface area (TPSA) is 147 Å². The molecular formula is C27H19ClN8O3. The van der Waals surface area contributed by atoms with E-state index >= 15 is 0 Å². The molecule has 3 N–H and O–H groups in total. The number of tetrazole rings is 1. The average Bonchev–Trinajstić information content (AvgIpc) is 3.69. The van der Waals surface area contributed by atoms with Crippen LogP contribution >= 0.6 is 11.6 Å². The first-order chi connectivity index (χ1) is 18.9. The van der Waals surface area contributed by atoms with Crippen LogP contribution in [0.15, 0.2) is 76.7 Å². The van der Waals surface area contributed by atoms with Gasteiger partial charge >= 0.3 is 0 Å². The predicted octanol–water partition coefficient (Wildman–Crippen LogP) is 3.62. The van der Waals surface area contributed by atoms with Crippen LogP contribution in [0.25, 0.3) is 39.0 Å². The number of aryl methyl sites for hydroxylation is 1. The largest absolute Gasteiger partial charge is 0.507 e. The summed E-state index contributed by atoms with van der Waals surface area (Å²) in [5.41, 5.74) is 4.64. The van der Waals surface area contributed by atoms with Crippen LogP contribution in [-0.2, 0) is 6.42 Å². The molecule has 1 atom stereocenters. The number of aromatic hydroxyl groups is 1. The van der Waals surface area contributed by atoms with Crippen LogP contribution in [0.1, 0.15) is 24.0 Å². The summed E-state index contributed by atoms with van der Waals surface area (Å²) < 4.78 is 3.30. The summed E-state index contributed by atoms with van der Waals surface area (Å²) >= 11 is 6.30. The summed E-state index contributed by atoms with van der Waals surface area (Å²) in [4.78, 5) is 35.7. The maximum Gasteiger partial charge on any atom is 0.252 e. The zero-order chi connectivity index (χ0) is 26.7. The summed E-state index contributed by atoms with van der Waals surface area (Å²) in [6.45, 7) is 0. The Balaban J connectivity index is 1.25. The number of aromatic nitrogens is 8. The molecule has 0 radical (unpaired) electrons. The molecule has 0 aliphatic carbocycles. The van der Waals surface area contributed by atoms with Gasteiger partial charge in [0.1, 0.15) is 17.9 Å². The van der Waals surface area contributed by atoms with Crippen LogP contribution in [0.3, 0.4) is 0 Å². The van der Waals surface area contributed by atoms with Gasteiger partial charge in [-0.25, -0.2) is 4.98 Å². The Bertz CT molecular complexity index is 2010. The molecule has 39 heavy (non-hydrogen) atoms. The highest BCUT2D eigenvalue weighted by molar-refractivity contribution is 6.31. The molecule has 1 unspecified atom stereocenters. The van der Waals surface area contributed by atoms with Gasteiger partial charge in [-0.2, -0.15) is 4.68 Å². The van der Waals surface area contributed by atoms with Gasteiger partial charge in [-0.15, -0.1) is 5.10 Å². The van der Waals surface area contributed by atoms with Crippen LogP contribution < -0.4 is 11.1 Å². The molecule has 0 saturated heterocycles. The first-order valence-corrected chi connectivity index (χ1v) is 12.5. The molecule has 4 aromatic heterocycles.